The Morgan fingerprint density at radius 2 is 1.90 bits per heavy atom. The van der Waals surface area contributed by atoms with Crippen LogP contribution >= 0.6 is 11.3 Å². The summed E-state index contributed by atoms with van der Waals surface area (Å²) in [4.78, 5) is 9.81. The lowest BCUT2D eigenvalue weighted by atomic mass is 10.3. The average molecular weight is 335 g/mol. The summed E-state index contributed by atoms with van der Waals surface area (Å²) >= 11 is 0.494. The molecule has 0 saturated heterocycles. The van der Waals surface area contributed by atoms with Crippen LogP contribution in [0.2, 0.25) is 0 Å². The Kier molecular flexibility index (Phi) is 3.78. The van der Waals surface area contributed by atoms with Gasteiger partial charge in [-0.25, -0.2) is 17.2 Å². The first-order valence-electron chi connectivity index (χ1n) is 5.22. The molecule has 0 bridgehead atoms. The molecule has 0 fully saturated rings. The van der Waals surface area contributed by atoms with Gasteiger partial charge in [0.05, 0.1) is 10.6 Å². The first kappa shape index (κ1) is 15.1. The number of benzene rings is 1. The monoisotopic (exact) mass is 335 g/mol. The number of halogens is 2. The molecule has 0 aliphatic heterocycles. The van der Waals surface area contributed by atoms with E-state index < -0.39 is 36.5 Å². The van der Waals surface area contributed by atoms with Crippen LogP contribution in [0.3, 0.4) is 0 Å². The summed E-state index contributed by atoms with van der Waals surface area (Å²) < 4.78 is 51.3. The van der Waals surface area contributed by atoms with Crippen molar-refractivity contribution in [3.8, 4) is 0 Å². The molecule has 0 atom stereocenters. The van der Waals surface area contributed by atoms with Crippen LogP contribution < -0.4 is 10.5 Å². The number of nitrogen functional groups attached to an aromatic ring is 1. The van der Waals surface area contributed by atoms with E-state index in [-0.39, 0.29) is 10.7 Å². The minimum atomic E-state index is -4.18. The molecule has 3 N–H and O–H groups in total. The second kappa shape index (κ2) is 5.26. The fraction of sp³-hybridized carbons (Fsp3) is 0. The van der Waals surface area contributed by atoms with Crippen molar-refractivity contribution in [1.29, 1.82) is 0 Å². The fourth-order valence-corrected chi connectivity index (χ4v) is 3.68. The molecule has 11 heteroatoms. The topological polar surface area (TPSA) is 115 Å². The summed E-state index contributed by atoms with van der Waals surface area (Å²) in [6, 6.07) is 3.21. The van der Waals surface area contributed by atoms with Gasteiger partial charge in [-0.3, -0.25) is 14.8 Å². The van der Waals surface area contributed by atoms with Crippen molar-refractivity contribution < 1.29 is 22.1 Å². The number of hydrogen-bond acceptors (Lipinski definition) is 6. The second-order valence-corrected chi connectivity index (χ2v) is 6.80. The van der Waals surface area contributed by atoms with E-state index in [1.807, 2.05) is 4.72 Å². The van der Waals surface area contributed by atoms with Crippen molar-refractivity contribution >= 4 is 37.7 Å². The Hall–Kier alpha value is -2.27. The number of hydrogen-bond donors (Lipinski definition) is 2. The van der Waals surface area contributed by atoms with Crippen molar-refractivity contribution in [2.75, 3.05) is 10.5 Å². The zero-order valence-corrected chi connectivity index (χ0v) is 11.7. The molecule has 21 heavy (non-hydrogen) atoms. The SMILES string of the molecule is Nc1sc(S(=O)(=O)Nc2ccc(F)c(F)c2)cc1[N+](=O)[O-]. The van der Waals surface area contributed by atoms with Crippen molar-refractivity contribution in [3.63, 3.8) is 0 Å². The smallest absolute Gasteiger partial charge is 0.304 e. The van der Waals surface area contributed by atoms with Crippen LogP contribution in [0.5, 0.6) is 0 Å². The summed E-state index contributed by atoms with van der Waals surface area (Å²) in [5.74, 6) is -2.36. The van der Waals surface area contributed by atoms with E-state index in [9.17, 15) is 27.3 Å². The lowest BCUT2D eigenvalue weighted by Crippen LogP contribution is -2.11. The van der Waals surface area contributed by atoms with Gasteiger partial charge in [0, 0.05) is 12.1 Å². The quantitative estimate of drug-likeness (QED) is 0.657. The van der Waals surface area contributed by atoms with Gasteiger partial charge in [-0.2, -0.15) is 0 Å². The summed E-state index contributed by atoms with van der Waals surface area (Å²) in [6.45, 7) is 0. The molecule has 7 nitrogen and oxygen atoms in total. The standard InChI is InChI=1S/C10H7F2N3O4S2/c11-6-2-1-5(3-7(6)12)14-21(18,19)9-4-8(15(16)17)10(13)20-9/h1-4,14H,13H2. The van der Waals surface area contributed by atoms with Gasteiger partial charge in [-0.15, -0.1) is 0 Å². The fourth-order valence-electron chi connectivity index (χ4n) is 1.41. The highest BCUT2D eigenvalue weighted by Crippen LogP contribution is 2.35. The highest BCUT2D eigenvalue weighted by Gasteiger charge is 2.25. The van der Waals surface area contributed by atoms with Gasteiger partial charge in [0.15, 0.2) is 16.6 Å². The molecule has 0 amide bonds. The Bertz CT molecular complexity index is 820. The number of rotatable bonds is 4. The van der Waals surface area contributed by atoms with Crippen molar-refractivity contribution in [1.82, 2.24) is 0 Å². The van der Waals surface area contributed by atoms with Crippen molar-refractivity contribution in [2.45, 2.75) is 4.21 Å². The summed E-state index contributed by atoms with van der Waals surface area (Å²) in [5.41, 5.74) is 4.60. The maximum Gasteiger partial charge on any atom is 0.304 e. The molecule has 1 aromatic heterocycles. The summed E-state index contributed by atoms with van der Waals surface area (Å²) in [6.07, 6.45) is 0. The van der Waals surface area contributed by atoms with Crippen molar-refractivity contribution in [2.24, 2.45) is 0 Å². The Morgan fingerprint density at radius 1 is 1.24 bits per heavy atom. The molecule has 2 aromatic rings. The predicted octanol–water partition coefficient (Wildman–Crippen LogP) is 2.32. The molecule has 0 unspecified atom stereocenters. The Balaban J connectivity index is 2.36. The zero-order valence-electron chi connectivity index (χ0n) is 10.0. The van der Waals surface area contributed by atoms with Gasteiger partial charge in [0.25, 0.3) is 10.0 Å². The highest BCUT2D eigenvalue weighted by molar-refractivity contribution is 7.94. The van der Waals surface area contributed by atoms with Crippen LogP contribution in [0.4, 0.5) is 25.2 Å². The lowest BCUT2D eigenvalue weighted by Gasteiger charge is -2.05. The van der Waals surface area contributed by atoms with Crippen LogP contribution in [0.15, 0.2) is 28.5 Å². The maximum absolute atomic E-state index is 13.0. The van der Waals surface area contributed by atoms with E-state index in [4.69, 9.17) is 5.73 Å². The minimum absolute atomic E-state index is 0.219. The number of nitro groups is 1. The van der Waals surface area contributed by atoms with Gasteiger partial charge in [-0.05, 0) is 12.1 Å². The first-order chi connectivity index (χ1) is 9.70. The molecule has 2 rings (SSSR count). The summed E-state index contributed by atoms with van der Waals surface area (Å²) in [7, 11) is -4.18. The van der Waals surface area contributed by atoms with Crippen LogP contribution in [-0.4, -0.2) is 13.3 Å². The zero-order chi connectivity index (χ0) is 15.8. The van der Waals surface area contributed by atoms with E-state index in [0.29, 0.717) is 17.4 Å². The third-order valence-corrected chi connectivity index (χ3v) is 5.16. The molecular formula is C10H7F2N3O4S2. The van der Waals surface area contributed by atoms with E-state index in [0.717, 1.165) is 18.2 Å². The maximum atomic E-state index is 13.0. The van der Waals surface area contributed by atoms with Crippen LogP contribution in [0.1, 0.15) is 0 Å². The number of sulfonamides is 1. The van der Waals surface area contributed by atoms with Crippen molar-refractivity contribution in [3.05, 3.63) is 46.0 Å². The van der Waals surface area contributed by atoms with Gasteiger partial charge in [0.1, 0.15) is 4.21 Å². The van der Waals surface area contributed by atoms with E-state index >= 15 is 0 Å². The first-order valence-corrected chi connectivity index (χ1v) is 7.52. The van der Waals surface area contributed by atoms with E-state index in [1.54, 1.807) is 0 Å². The average Bonchev–Trinajstić information content (AvgIpc) is 2.77. The Morgan fingerprint density at radius 3 is 2.43 bits per heavy atom. The number of nitrogens with one attached hydrogen (secondary N) is 1. The molecule has 0 aliphatic carbocycles. The van der Waals surface area contributed by atoms with Crippen LogP contribution in [0.25, 0.3) is 0 Å². The number of thiophene rings is 1. The van der Waals surface area contributed by atoms with Crippen LogP contribution in [0, 0.1) is 21.7 Å². The Labute approximate surface area is 121 Å². The number of nitrogens with zero attached hydrogens (tertiary/aromatic N) is 1. The van der Waals surface area contributed by atoms with Crippen LogP contribution in [-0.2, 0) is 10.0 Å². The molecule has 0 saturated carbocycles. The summed E-state index contributed by atoms with van der Waals surface area (Å²) in [5, 5.41) is 10.4. The minimum Gasteiger partial charge on any atom is -0.385 e. The normalized spacial score (nSPS) is 11.3. The predicted molar refractivity (Wildman–Crippen MR) is 72.6 cm³/mol. The number of anilines is 2. The largest absolute Gasteiger partial charge is 0.385 e. The van der Waals surface area contributed by atoms with Gasteiger partial charge >= 0.3 is 5.69 Å². The molecule has 1 aromatic carbocycles. The second-order valence-electron chi connectivity index (χ2n) is 3.81. The molecule has 0 aliphatic rings. The van der Waals surface area contributed by atoms with Gasteiger partial charge in [-0.1, -0.05) is 11.3 Å². The number of nitrogens with two attached hydrogens (primary N) is 1. The van der Waals surface area contributed by atoms with Gasteiger partial charge < -0.3 is 5.73 Å². The third kappa shape index (κ3) is 3.08. The highest BCUT2D eigenvalue weighted by atomic mass is 32.2. The lowest BCUT2D eigenvalue weighted by molar-refractivity contribution is -0.383. The van der Waals surface area contributed by atoms with E-state index in [2.05, 4.69) is 0 Å². The van der Waals surface area contributed by atoms with E-state index in [1.165, 1.54) is 0 Å². The molecule has 112 valence electrons. The molecule has 0 radical (unpaired) electrons. The van der Waals surface area contributed by atoms with Gasteiger partial charge in [0.2, 0.25) is 0 Å². The molecular weight excluding hydrogens is 328 g/mol. The molecule has 0 spiro atoms. The third-order valence-electron chi connectivity index (χ3n) is 2.35. The molecule has 1 heterocycles.